The molecule has 0 radical (unpaired) electrons. The third-order valence-corrected chi connectivity index (χ3v) is 6.48. The van der Waals surface area contributed by atoms with Crippen LogP contribution in [-0.4, -0.2) is 26.6 Å². The fraction of sp³-hybridized carbons (Fsp3) is 0.231. The van der Waals surface area contributed by atoms with Gasteiger partial charge < -0.3 is 10.1 Å². The Labute approximate surface area is 212 Å². The lowest BCUT2D eigenvalue weighted by atomic mass is 9.98. The monoisotopic (exact) mass is 532 g/mol. The van der Waals surface area contributed by atoms with Crippen molar-refractivity contribution in [1.29, 1.82) is 0 Å². The predicted molar refractivity (Wildman–Crippen MR) is 131 cm³/mol. The molecule has 0 aromatic heterocycles. The summed E-state index contributed by atoms with van der Waals surface area (Å²) in [4.78, 5) is 24.3. The summed E-state index contributed by atoms with van der Waals surface area (Å²) in [6, 6.07) is 10.9. The minimum atomic E-state index is -4.77. The maximum Gasteiger partial charge on any atom is 0.573 e. The van der Waals surface area contributed by atoms with Gasteiger partial charge in [-0.2, -0.15) is 0 Å². The highest BCUT2D eigenvalue weighted by molar-refractivity contribution is 7.90. The number of carbonyl (C=O) groups excluding carboxylic acids is 2. The lowest BCUT2D eigenvalue weighted by Crippen LogP contribution is -2.31. The number of ether oxygens (including phenoxy) is 1. The van der Waals surface area contributed by atoms with E-state index in [1.807, 2.05) is 4.72 Å². The van der Waals surface area contributed by atoms with Crippen molar-refractivity contribution in [2.75, 3.05) is 5.32 Å². The van der Waals surface area contributed by atoms with Gasteiger partial charge in [-0.05, 0) is 55.7 Å². The molecule has 0 spiro atoms. The van der Waals surface area contributed by atoms with Gasteiger partial charge in [-0.25, -0.2) is 13.1 Å². The van der Waals surface area contributed by atoms with E-state index in [9.17, 15) is 31.2 Å². The third-order valence-electron chi connectivity index (χ3n) is 5.05. The van der Waals surface area contributed by atoms with Gasteiger partial charge in [-0.3, -0.25) is 9.59 Å². The highest BCUT2D eigenvalue weighted by Gasteiger charge is 2.31. The molecule has 3 rings (SSSR count). The van der Waals surface area contributed by atoms with Crippen LogP contribution >= 0.6 is 0 Å². The SMILES string of the molecule is CCCC(=O)NS(=O)(=O)c1ccccc1NC(=O)C1=CC=C(C#Cc2ccc(OC(F)(F)F)cc2)CC1. The van der Waals surface area contributed by atoms with Crippen LogP contribution in [-0.2, 0) is 19.6 Å². The summed E-state index contributed by atoms with van der Waals surface area (Å²) in [6.45, 7) is 1.75. The number of carbonyl (C=O) groups is 2. The minimum absolute atomic E-state index is 0.0396. The quantitative estimate of drug-likeness (QED) is 0.498. The summed E-state index contributed by atoms with van der Waals surface area (Å²) in [5.41, 5.74) is 1.65. The van der Waals surface area contributed by atoms with E-state index in [1.165, 1.54) is 42.5 Å². The Kier molecular flexibility index (Phi) is 8.78. The van der Waals surface area contributed by atoms with Gasteiger partial charge in [0.1, 0.15) is 10.6 Å². The van der Waals surface area contributed by atoms with Crippen LogP contribution in [0.3, 0.4) is 0 Å². The Hall–Kier alpha value is -4.04. The molecule has 2 amide bonds. The van der Waals surface area contributed by atoms with Gasteiger partial charge in [-0.15, -0.1) is 13.2 Å². The smallest absolute Gasteiger partial charge is 0.406 e. The Morgan fingerprint density at radius 1 is 1.00 bits per heavy atom. The molecule has 2 aromatic carbocycles. The number of alkyl halides is 3. The van der Waals surface area contributed by atoms with Gasteiger partial charge in [0.2, 0.25) is 5.91 Å². The molecule has 0 atom stereocenters. The second kappa shape index (κ2) is 11.8. The summed E-state index contributed by atoms with van der Waals surface area (Å²) in [5.74, 6) is 4.30. The molecule has 194 valence electrons. The van der Waals surface area contributed by atoms with Crippen molar-refractivity contribution in [2.24, 2.45) is 0 Å². The van der Waals surface area contributed by atoms with Crippen LogP contribution in [0.4, 0.5) is 18.9 Å². The van der Waals surface area contributed by atoms with Crippen LogP contribution in [0.5, 0.6) is 5.75 Å². The molecule has 37 heavy (non-hydrogen) atoms. The number of halogens is 3. The molecule has 0 saturated heterocycles. The number of hydrogen-bond donors (Lipinski definition) is 2. The zero-order valence-electron chi connectivity index (χ0n) is 19.7. The summed E-state index contributed by atoms with van der Waals surface area (Å²) >= 11 is 0. The Morgan fingerprint density at radius 2 is 1.70 bits per heavy atom. The summed E-state index contributed by atoms with van der Waals surface area (Å²) in [6.07, 6.45) is -0.227. The van der Waals surface area contributed by atoms with Gasteiger partial charge in [0.05, 0.1) is 5.69 Å². The third kappa shape index (κ3) is 8.25. The second-order valence-electron chi connectivity index (χ2n) is 7.93. The number of rotatable bonds is 7. The standard InChI is InChI=1S/C26H23F3N2O5S/c1-2-5-24(32)31-37(34,35)23-7-4-3-6-22(23)30-25(33)20-14-10-18(11-15-20)8-9-19-12-16-21(17-13-19)36-26(27,28)29/h3-4,6-7,10,12-14,16-17H,2,5,11,15H2,1H3,(H,30,33)(H,31,32). The van der Waals surface area contributed by atoms with E-state index in [4.69, 9.17) is 0 Å². The lowest BCUT2D eigenvalue weighted by Gasteiger charge is -2.15. The van der Waals surface area contributed by atoms with Crippen LogP contribution < -0.4 is 14.8 Å². The molecule has 0 bridgehead atoms. The molecule has 11 heteroatoms. The van der Waals surface area contributed by atoms with Crippen molar-refractivity contribution in [3.63, 3.8) is 0 Å². The number of hydrogen-bond acceptors (Lipinski definition) is 5. The van der Waals surface area contributed by atoms with E-state index in [-0.39, 0.29) is 22.8 Å². The van der Waals surface area contributed by atoms with Crippen molar-refractivity contribution in [2.45, 2.75) is 43.9 Å². The minimum Gasteiger partial charge on any atom is -0.406 e. The lowest BCUT2D eigenvalue weighted by molar-refractivity contribution is -0.274. The number of nitrogens with one attached hydrogen (secondary N) is 2. The molecule has 2 N–H and O–H groups in total. The molecule has 1 aliphatic rings. The van der Waals surface area contributed by atoms with Crippen LogP contribution in [0.15, 0.2) is 76.7 Å². The van der Waals surface area contributed by atoms with Crippen LogP contribution in [0.25, 0.3) is 0 Å². The maximum absolute atomic E-state index is 12.8. The molecule has 7 nitrogen and oxygen atoms in total. The molecular weight excluding hydrogens is 509 g/mol. The predicted octanol–water partition coefficient (Wildman–Crippen LogP) is 4.83. The first kappa shape index (κ1) is 27.5. The summed E-state index contributed by atoms with van der Waals surface area (Å²) in [7, 11) is -4.17. The van der Waals surface area contributed by atoms with E-state index in [1.54, 1.807) is 25.1 Å². The Bertz CT molecular complexity index is 1400. The number of sulfonamides is 1. The second-order valence-corrected chi connectivity index (χ2v) is 9.59. The largest absolute Gasteiger partial charge is 0.573 e. The highest BCUT2D eigenvalue weighted by Crippen LogP contribution is 2.25. The molecule has 0 fully saturated rings. The number of allylic oxidation sites excluding steroid dienone is 3. The highest BCUT2D eigenvalue weighted by atomic mass is 32.2. The Balaban J connectivity index is 1.68. The fourth-order valence-electron chi connectivity index (χ4n) is 3.31. The number of amides is 2. The first-order valence-electron chi connectivity index (χ1n) is 11.2. The molecule has 0 unspecified atom stereocenters. The number of para-hydroxylation sites is 1. The zero-order valence-corrected chi connectivity index (χ0v) is 20.5. The van der Waals surface area contributed by atoms with Crippen molar-refractivity contribution in [3.8, 4) is 17.6 Å². The van der Waals surface area contributed by atoms with Gasteiger partial charge in [0, 0.05) is 23.1 Å². The fourth-order valence-corrected chi connectivity index (χ4v) is 4.49. The Morgan fingerprint density at radius 3 is 2.32 bits per heavy atom. The average Bonchev–Trinajstić information content (AvgIpc) is 2.83. The van der Waals surface area contributed by atoms with Gasteiger partial charge in [-0.1, -0.05) is 43.0 Å². The van der Waals surface area contributed by atoms with Crippen molar-refractivity contribution in [1.82, 2.24) is 4.72 Å². The van der Waals surface area contributed by atoms with Crippen LogP contribution in [0.1, 0.15) is 38.2 Å². The molecule has 2 aromatic rings. The van der Waals surface area contributed by atoms with E-state index < -0.39 is 28.2 Å². The van der Waals surface area contributed by atoms with Gasteiger partial charge >= 0.3 is 6.36 Å². The first-order chi connectivity index (χ1) is 17.5. The van der Waals surface area contributed by atoms with Crippen molar-refractivity contribution >= 4 is 27.5 Å². The number of benzene rings is 2. The molecule has 0 saturated carbocycles. The molecule has 0 aliphatic heterocycles. The maximum atomic E-state index is 12.8. The topological polar surface area (TPSA) is 102 Å². The van der Waals surface area contributed by atoms with Crippen molar-refractivity contribution in [3.05, 3.63) is 77.4 Å². The molecular formula is C26H23F3N2O5S. The number of anilines is 1. The summed E-state index contributed by atoms with van der Waals surface area (Å²) in [5, 5.41) is 2.59. The summed E-state index contributed by atoms with van der Waals surface area (Å²) < 4.78 is 67.8. The van der Waals surface area contributed by atoms with E-state index in [0.29, 0.717) is 36.0 Å². The average molecular weight is 533 g/mol. The zero-order chi connectivity index (χ0) is 27.1. The van der Waals surface area contributed by atoms with E-state index >= 15 is 0 Å². The van der Waals surface area contributed by atoms with E-state index in [0.717, 1.165) is 0 Å². The van der Waals surface area contributed by atoms with Crippen LogP contribution in [0.2, 0.25) is 0 Å². The van der Waals surface area contributed by atoms with E-state index in [2.05, 4.69) is 21.9 Å². The van der Waals surface area contributed by atoms with Crippen molar-refractivity contribution < 1.29 is 35.9 Å². The van der Waals surface area contributed by atoms with Gasteiger partial charge in [0.15, 0.2) is 0 Å². The molecule has 1 aliphatic carbocycles. The normalized spacial score (nSPS) is 13.4. The van der Waals surface area contributed by atoms with Gasteiger partial charge in [0.25, 0.3) is 15.9 Å². The first-order valence-corrected chi connectivity index (χ1v) is 12.7. The molecule has 0 heterocycles. The van der Waals surface area contributed by atoms with Crippen LogP contribution in [0, 0.1) is 11.8 Å².